The van der Waals surface area contributed by atoms with Crippen LogP contribution in [0.3, 0.4) is 0 Å². The second kappa shape index (κ2) is 9.10. The number of fused-ring (bicyclic) bond motifs is 2. The number of ether oxygens (including phenoxy) is 4. The van der Waals surface area contributed by atoms with E-state index in [-0.39, 0.29) is 11.6 Å². The van der Waals surface area contributed by atoms with Gasteiger partial charge in [-0.05, 0) is 43.3 Å². The molecular weight excluding hydrogens is 464 g/mol. The lowest BCUT2D eigenvalue weighted by molar-refractivity contribution is -0.180. The standard InChI is InChI=1S/C12H13BrO3.C12H14O3/c1-12(2)15-7-9-5-8(10(14)6-13)3-4-11(9)16-12;1-8(13)9-4-5-11-10(6-9)7-14-12(2,3)15-11/h3-5H,6-7H2,1-2H3;4-6H,7H2,1-3H3. The molecule has 0 aliphatic carbocycles. The lowest BCUT2D eigenvalue weighted by atomic mass is 10.1. The Kier molecular flexibility index (Phi) is 6.88. The number of benzene rings is 2. The monoisotopic (exact) mass is 490 g/mol. The summed E-state index contributed by atoms with van der Waals surface area (Å²) in [5, 5.41) is 0.332. The Morgan fingerprint density at radius 1 is 0.839 bits per heavy atom. The van der Waals surface area contributed by atoms with Gasteiger partial charge in [0.05, 0.1) is 18.5 Å². The number of carbonyl (C=O) groups is 2. The minimum absolute atomic E-state index is 0.0580. The number of Topliss-reactive ketones (excluding diaryl/α,β-unsaturated/α-hetero) is 2. The number of ketones is 2. The van der Waals surface area contributed by atoms with Crippen molar-refractivity contribution < 1.29 is 28.5 Å². The smallest absolute Gasteiger partial charge is 0.205 e. The highest BCUT2D eigenvalue weighted by Gasteiger charge is 2.28. The summed E-state index contributed by atoms with van der Waals surface area (Å²) in [7, 11) is 0. The molecule has 4 rings (SSSR count). The van der Waals surface area contributed by atoms with Gasteiger partial charge in [0.25, 0.3) is 0 Å². The average molecular weight is 491 g/mol. The summed E-state index contributed by atoms with van der Waals surface area (Å²) in [5.74, 6) is 0.549. The fourth-order valence-electron chi connectivity index (χ4n) is 3.14. The molecule has 0 saturated heterocycles. The van der Waals surface area contributed by atoms with Crippen LogP contribution < -0.4 is 9.47 Å². The molecule has 6 nitrogen and oxygen atoms in total. The van der Waals surface area contributed by atoms with Crippen molar-refractivity contribution in [3.8, 4) is 11.5 Å². The minimum atomic E-state index is -0.589. The predicted octanol–water partition coefficient (Wildman–Crippen LogP) is 5.44. The Hall–Kier alpha value is -2.22. The van der Waals surface area contributed by atoms with E-state index in [1.807, 2.05) is 52.0 Å². The van der Waals surface area contributed by atoms with Gasteiger partial charge in [0.2, 0.25) is 11.6 Å². The lowest BCUT2D eigenvalue weighted by Crippen LogP contribution is -2.35. The maximum atomic E-state index is 11.5. The van der Waals surface area contributed by atoms with Crippen molar-refractivity contribution in [1.82, 2.24) is 0 Å². The maximum Gasteiger partial charge on any atom is 0.205 e. The van der Waals surface area contributed by atoms with Crippen LogP contribution in [-0.4, -0.2) is 28.5 Å². The van der Waals surface area contributed by atoms with Crippen molar-refractivity contribution in [2.75, 3.05) is 5.33 Å². The van der Waals surface area contributed by atoms with E-state index in [0.717, 1.165) is 22.6 Å². The van der Waals surface area contributed by atoms with Gasteiger partial charge in [0.15, 0.2) is 11.6 Å². The second-order valence-electron chi connectivity index (χ2n) is 8.34. The van der Waals surface area contributed by atoms with Gasteiger partial charge in [0.1, 0.15) is 11.5 Å². The van der Waals surface area contributed by atoms with Crippen LogP contribution in [0.25, 0.3) is 0 Å². The molecule has 0 saturated carbocycles. The number of hydrogen-bond donors (Lipinski definition) is 0. The lowest BCUT2D eigenvalue weighted by Gasteiger charge is -2.32. The van der Waals surface area contributed by atoms with Crippen LogP contribution in [0, 0.1) is 0 Å². The van der Waals surface area contributed by atoms with E-state index < -0.39 is 11.6 Å². The van der Waals surface area contributed by atoms with Crippen LogP contribution >= 0.6 is 15.9 Å². The average Bonchev–Trinajstić information content (AvgIpc) is 2.71. The first-order valence-electron chi connectivity index (χ1n) is 10.0. The maximum absolute atomic E-state index is 11.5. The Morgan fingerprint density at radius 2 is 1.29 bits per heavy atom. The first kappa shape index (κ1) is 23.4. The first-order valence-corrected chi connectivity index (χ1v) is 11.1. The molecule has 166 valence electrons. The van der Waals surface area contributed by atoms with E-state index in [2.05, 4.69) is 15.9 Å². The molecule has 2 heterocycles. The Balaban J connectivity index is 0.000000176. The summed E-state index contributed by atoms with van der Waals surface area (Å²) in [5.41, 5.74) is 3.23. The zero-order valence-electron chi connectivity index (χ0n) is 18.4. The van der Waals surface area contributed by atoms with E-state index >= 15 is 0 Å². The van der Waals surface area contributed by atoms with E-state index in [9.17, 15) is 9.59 Å². The number of halogens is 1. The highest BCUT2D eigenvalue weighted by atomic mass is 79.9. The SMILES string of the molecule is CC(=O)c1ccc2c(c1)COC(C)(C)O2.CC1(C)OCc2cc(C(=O)CBr)ccc2O1. The molecule has 0 fully saturated rings. The van der Waals surface area contributed by atoms with Crippen LogP contribution in [-0.2, 0) is 22.7 Å². The minimum Gasteiger partial charge on any atom is -0.463 e. The number of alkyl halides is 1. The highest BCUT2D eigenvalue weighted by Crippen LogP contribution is 2.32. The number of hydrogen-bond acceptors (Lipinski definition) is 6. The van der Waals surface area contributed by atoms with E-state index in [0.29, 0.717) is 29.7 Å². The van der Waals surface area contributed by atoms with Gasteiger partial charge in [-0.1, -0.05) is 15.9 Å². The van der Waals surface area contributed by atoms with Crippen molar-refractivity contribution in [1.29, 1.82) is 0 Å². The molecule has 0 amide bonds. The molecule has 2 aromatic carbocycles. The molecule has 2 aliphatic heterocycles. The third-order valence-electron chi connectivity index (χ3n) is 4.83. The van der Waals surface area contributed by atoms with Crippen LogP contribution in [0.15, 0.2) is 36.4 Å². The third-order valence-corrected chi connectivity index (χ3v) is 5.34. The summed E-state index contributed by atoms with van der Waals surface area (Å²) in [6.07, 6.45) is 0. The van der Waals surface area contributed by atoms with Gasteiger partial charge in [-0.15, -0.1) is 0 Å². The van der Waals surface area contributed by atoms with E-state index in [4.69, 9.17) is 18.9 Å². The highest BCUT2D eigenvalue weighted by molar-refractivity contribution is 9.09. The first-order chi connectivity index (χ1) is 14.5. The topological polar surface area (TPSA) is 71.1 Å². The van der Waals surface area contributed by atoms with Crippen molar-refractivity contribution in [2.45, 2.75) is 59.4 Å². The van der Waals surface area contributed by atoms with Crippen LogP contribution in [0.5, 0.6) is 11.5 Å². The van der Waals surface area contributed by atoms with E-state index in [1.54, 1.807) is 19.1 Å². The van der Waals surface area contributed by atoms with Gasteiger partial charge < -0.3 is 18.9 Å². The van der Waals surface area contributed by atoms with Gasteiger partial charge in [-0.2, -0.15) is 0 Å². The van der Waals surface area contributed by atoms with Crippen LogP contribution in [0.4, 0.5) is 0 Å². The summed E-state index contributed by atoms with van der Waals surface area (Å²) in [4.78, 5) is 22.7. The molecule has 0 spiro atoms. The molecule has 2 aliphatic rings. The summed E-state index contributed by atoms with van der Waals surface area (Å²) in [6, 6.07) is 10.9. The number of rotatable bonds is 3. The molecule has 2 aromatic rings. The molecule has 0 unspecified atom stereocenters. The fraction of sp³-hybridized carbons (Fsp3) is 0.417. The van der Waals surface area contributed by atoms with Crippen molar-refractivity contribution in [3.05, 3.63) is 58.7 Å². The van der Waals surface area contributed by atoms with Crippen LogP contribution in [0.2, 0.25) is 0 Å². The zero-order chi connectivity index (χ0) is 22.8. The summed E-state index contributed by atoms with van der Waals surface area (Å²) < 4.78 is 22.3. The molecule has 7 heteroatoms. The van der Waals surface area contributed by atoms with Crippen molar-refractivity contribution in [2.24, 2.45) is 0 Å². The Labute approximate surface area is 191 Å². The quantitative estimate of drug-likeness (QED) is 0.421. The normalized spacial score (nSPS) is 17.6. The van der Waals surface area contributed by atoms with Crippen molar-refractivity contribution in [3.63, 3.8) is 0 Å². The Bertz CT molecular complexity index is 996. The molecule has 0 atom stereocenters. The number of carbonyl (C=O) groups excluding carboxylic acids is 2. The van der Waals surface area contributed by atoms with Gasteiger partial charge in [-0.3, -0.25) is 9.59 Å². The molecule has 0 N–H and O–H groups in total. The second-order valence-corrected chi connectivity index (χ2v) is 8.90. The predicted molar refractivity (Wildman–Crippen MR) is 120 cm³/mol. The molecule has 0 bridgehead atoms. The Morgan fingerprint density at radius 3 is 1.74 bits per heavy atom. The van der Waals surface area contributed by atoms with Gasteiger partial charge in [0, 0.05) is 49.9 Å². The molecular formula is C24H27BrO6. The fourth-order valence-corrected chi connectivity index (χ4v) is 3.47. The van der Waals surface area contributed by atoms with Crippen LogP contribution in [0.1, 0.15) is 66.5 Å². The van der Waals surface area contributed by atoms with Crippen molar-refractivity contribution >= 4 is 27.5 Å². The molecule has 0 radical (unpaired) electrons. The van der Waals surface area contributed by atoms with E-state index in [1.165, 1.54) is 0 Å². The molecule has 31 heavy (non-hydrogen) atoms. The molecule has 0 aromatic heterocycles. The van der Waals surface area contributed by atoms with Gasteiger partial charge >= 0.3 is 0 Å². The van der Waals surface area contributed by atoms with Gasteiger partial charge in [-0.25, -0.2) is 0 Å². The zero-order valence-corrected chi connectivity index (χ0v) is 20.0. The largest absolute Gasteiger partial charge is 0.463 e. The summed E-state index contributed by atoms with van der Waals surface area (Å²) >= 11 is 3.15. The summed E-state index contributed by atoms with van der Waals surface area (Å²) in [6.45, 7) is 10.00. The third kappa shape index (κ3) is 5.93.